The zero-order chi connectivity index (χ0) is 34.7. The number of nitrogens with zero attached hydrogens (tertiary/aromatic N) is 4. The van der Waals surface area contributed by atoms with E-state index in [0.29, 0.717) is 13.2 Å². The first kappa shape index (κ1) is 32.7. The fourth-order valence-corrected chi connectivity index (χ4v) is 7.48. The van der Waals surface area contributed by atoms with Crippen molar-refractivity contribution in [2.45, 2.75) is 62.8 Å². The molecule has 51 heavy (non-hydrogen) atoms. The summed E-state index contributed by atoms with van der Waals surface area (Å²) in [7, 11) is 0. The first-order chi connectivity index (χ1) is 25.0. The highest BCUT2D eigenvalue weighted by Gasteiger charge is 2.37. The SMILES string of the molecule is N[C@@H](C(=O)N1CCC[C@H]1c1ncc(-c2ccc(C#Cc3ccc(-c4cnc([C@@H]5CCCN5C(=O)[C@@H]5CCCO5)[nH]4)cc3)cc2)[nH]1)c1ccccc1. The number of aromatic amines is 2. The number of imidazole rings is 2. The summed E-state index contributed by atoms with van der Waals surface area (Å²) in [6.45, 7) is 2.07. The summed E-state index contributed by atoms with van der Waals surface area (Å²) in [5.74, 6) is 8.16. The average Bonchev–Trinajstić information content (AvgIpc) is 4.02. The van der Waals surface area contributed by atoms with E-state index in [9.17, 15) is 9.59 Å². The van der Waals surface area contributed by atoms with Crippen molar-refractivity contribution in [1.29, 1.82) is 0 Å². The number of hydrogen-bond acceptors (Lipinski definition) is 6. The minimum Gasteiger partial charge on any atom is -0.368 e. The van der Waals surface area contributed by atoms with Gasteiger partial charge in [-0.2, -0.15) is 0 Å². The number of amides is 2. The molecule has 0 unspecified atom stereocenters. The number of benzene rings is 3. The fraction of sp³-hybridized carbons (Fsp3) is 0.317. The molecule has 3 aliphatic heterocycles. The van der Waals surface area contributed by atoms with E-state index >= 15 is 0 Å². The Kier molecular flexibility index (Phi) is 9.22. The van der Waals surface area contributed by atoms with E-state index in [1.54, 1.807) is 0 Å². The van der Waals surface area contributed by atoms with Gasteiger partial charge in [0.2, 0.25) is 5.91 Å². The van der Waals surface area contributed by atoms with E-state index in [4.69, 9.17) is 10.5 Å². The Morgan fingerprint density at radius 3 is 1.82 bits per heavy atom. The number of rotatable bonds is 7. The van der Waals surface area contributed by atoms with Crippen LogP contribution in [0.3, 0.4) is 0 Å². The predicted molar refractivity (Wildman–Crippen MR) is 194 cm³/mol. The van der Waals surface area contributed by atoms with Crippen molar-refractivity contribution >= 4 is 11.8 Å². The molecular formula is C41H41N7O3. The third kappa shape index (κ3) is 6.83. The van der Waals surface area contributed by atoms with Gasteiger partial charge in [-0.25, -0.2) is 9.97 Å². The van der Waals surface area contributed by atoms with Crippen LogP contribution in [0.4, 0.5) is 0 Å². The summed E-state index contributed by atoms with van der Waals surface area (Å²) >= 11 is 0. The number of H-pyrrole nitrogens is 2. The molecular weight excluding hydrogens is 638 g/mol. The highest BCUT2D eigenvalue weighted by Crippen LogP contribution is 2.35. The van der Waals surface area contributed by atoms with Crippen LogP contribution < -0.4 is 5.73 Å². The molecule has 3 aromatic carbocycles. The largest absolute Gasteiger partial charge is 0.368 e. The first-order valence-corrected chi connectivity index (χ1v) is 17.9. The number of carbonyl (C=O) groups is 2. The molecule has 258 valence electrons. The van der Waals surface area contributed by atoms with E-state index < -0.39 is 6.04 Å². The molecule has 4 atom stereocenters. The van der Waals surface area contributed by atoms with E-state index in [1.807, 2.05) is 101 Å². The monoisotopic (exact) mass is 679 g/mol. The number of hydrogen-bond donors (Lipinski definition) is 3. The lowest BCUT2D eigenvalue weighted by atomic mass is 10.1. The van der Waals surface area contributed by atoms with Crippen molar-refractivity contribution in [2.75, 3.05) is 19.7 Å². The first-order valence-electron chi connectivity index (χ1n) is 17.9. The molecule has 0 spiro atoms. The number of nitrogens with one attached hydrogen (secondary N) is 2. The summed E-state index contributed by atoms with van der Waals surface area (Å²) < 4.78 is 5.66. The second-order valence-corrected chi connectivity index (χ2v) is 13.5. The highest BCUT2D eigenvalue weighted by molar-refractivity contribution is 5.84. The number of nitrogens with two attached hydrogens (primary N) is 1. The van der Waals surface area contributed by atoms with Crippen molar-refractivity contribution in [3.05, 3.63) is 120 Å². The Hall–Kier alpha value is -5.50. The van der Waals surface area contributed by atoms with Gasteiger partial charge in [-0.15, -0.1) is 0 Å². The molecule has 0 radical (unpaired) electrons. The summed E-state index contributed by atoms with van der Waals surface area (Å²) in [5.41, 5.74) is 12.8. The van der Waals surface area contributed by atoms with Crippen LogP contribution >= 0.6 is 0 Å². The number of ether oxygens (including phenoxy) is 1. The molecule has 0 saturated carbocycles. The van der Waals surface area contributed by atoms with Crippen LogP contribution in [-0.4, -0.2) is 67.4 Å². The van der Waals surface area contributed by atoms with Gasteiger partial charge in [0.25, 0.3) is 5.91 Å². The summed E-state index contributed by atoms with van der Waals surface area (Å²) in [6.07, 6.45) is 8.72. The molecule has 5 aromatic rings. The van der Waals surface area contributed by atoms with Gasteiger partial charge in [0.15, 0.2) is 0 Å². The van der Waals surface area contributed by atoms with Crippen LogP contribution in [0.25, 0.3) is 22.5 Å². The van der Waals surface area contributed by atoms with Crippen molar-refractivity contribution in [2.24, 2.45) is 5.73 Å². The summed E-state index contributed by atoms with van der Waals surface area (Å²) in [5, 5.41) is 0. The van der Waals surface area contributed by atoms with E-state index in [-0.39, 0.29) is 30.0 Å². The van der Waals surface area contributed by atoms with Crippen LogP contribution in [0.2, 0.25) is 0 Å². The maximum absolute atomic E-state index is 13.3. The molecule has 2 amide bonds. The second kappa shape index (κ2) is 14.4. The van der Waals surface area contributed by atoms with Gasteiger partial charge < -0.3 is 30.2 Å². The van der Waals surface area contributed by atoms with Crippen LogP contribution in [0.5, 0.6) is 0 Å². The number of carbonyl (C=O) groups excluding carboxylic acids is 2. The predicted octanol–water partition coefficient (Wildman–Crippen LogP) is 6.07. The Morgan fingerprint density at radius 2 is 1.27 bits per heavy atom. The standard InChI is InChI=1S/C41H41N7O3/c42-37(31-7-2-1-3-8-31)41(50)48-23-5-10-35(48)39-44-26-33(46-39)30-20-16-28(17-21-30)13-12-27-14-18-29(19-15-27)32-25-43-38(45-32)34-9-4-22-47(34)40(49)36-11-6-24-51-36/h1-3,7-8,14-21,25-26,34-37H,4-6,9-11,22-24,42H2,(H,43,45)(H,44,46)/t34-,35-,36-,37+/m0/s1. The molecule has 8 rings (SSSR count). The maximum Gasteiger partial charge on any atom is 0.252 e. The molecule has 5 heterocycles. The molecule has 10 heteroatoms. The third-order valence-electron chi connectivity index (χ3n) is 10.3. The molecule has 3 saturated heterocycles. The molecule has 10 nitrogen and oxygen atoms in total. The van der Waals surface area contributed by atoms with Crippen molar-refractivity contribution in [3.63, 3.8) is 0 Å². The van der Waals surface area contributed by atoms with Gasteiger partial charge in [0.05, 0.1) is 35.9 Å². The fourth-order valence-electron chi connectivity index (χ4n) is 7.48. The van der Waals surface area contributed by atoms with E-state index in [0.717, 1.165) is 95.9 Å². The normalized spacial score (nSPS) is 20.7. The smallest absolute Gasteiger partial charge is 0.252 e. The van der Waals surface area contributed by atoms with Gasteiger partial charge in [-0.1, -0.05) is 66.4 Å². The lowest BCUT2D eigenvalue weighted by molar-refractivity contribution is -0.142. The maximum atomic E-state index is 13.3. The Bertz CT molecular complexity index is 2050. The van der Waals surface area contributed by atoms with Crippen LogP contribution in [0, 0.1) is 11.8 Å². The molecule has 3 fully saturated rings. The lowest BCUT2D eigenvalue weighted by Crippen LogP contribution is -2.38. The second-order valence-electron chi connectivity index (χ2n) is 13.5. The van der Waals surface area contributed by atoms with Crippen molar-refractivity contribution in [1.82, 2.24) is 29.7 Å². The zero-order valence-corrected chi connectivity index (χ0v) is 28.4. The van der Waals surface area contributed by atoms with Crippen LogP contribution in [0.15, 0.2) is 91.3 Å². The summed E-state index contributed by atoms with van der Waals surface area (Å²) in [6, 6.07) is 24.8. The van der Waals surface area contributed by atoms with Gasteiger partial charge in [-0.3, -0.25) is 9.59 Å². The number of likely N-dealkylation sites (tertiary alicyclic amines) is 2. The van der Waals surface area contributed by atoms with E-state index in [1.165, 1.54) is 0 Å². The van der Waals surface area contributed by atoms with Gasteiger partial charge >= 0.3 is 0 Å². The summed E-state index contributed by atoms with van der Waals surface area (Å²) in [4.78, 5) is 46.4. The third-order valence-corrected chi connectivity index (χ3v) is 10.3. The van der Waals surface area contributed by atoms with Crippen molar-refractivity contribution < 1.29 is 14.3 Å². The van der Waals surface area contributed by atoms with Gasteiger partial charge in [0, 0.05) is 30.8 Å². The minimum atomic E-state index is -0.693. The van der Waals surface area contributed by atoms with E-state index in [2.05, 4.69) is 31.8 Å². The van der Waals surface area contributed by atoms with Crippen molar-refractivity contribution in [3.8, 4) is 34.4 Å². The highest BCUT2D eigenvalue weighted by atomic mass is 16.5. The quantitative estimate of drug-likeness (QED) is 0.179. The molecule has 3 aliphatic rings. The topological polar surface area (TPSA) is 133 Å². The molecule has 0 aliphatic carbocycles. The zero-order valence-electron chi connectivity index (χ0n) is 28.4. The van der Waals surface area contributed by atoms with Crippen LogP contribution in [0.1, 0.15) is 85.0 Å². The average molecular weight is 680 g/mol. The Balaban J connectivity index is 0.894. The van der Waals surface area contributed by atoms with Gasteiger partial charge in [-0.05, 0) is 79.5 Å². The number of aromatic nitrogens is 4. The lowest BCUT2D eigenvalue weighted by Gasteiger charge is -2.26. The van der Waals surface area contributed by atoms with Crippen LogP contribution in [-0.2, 0) is 14.3 Å². The molecule has 4 N–H and O–H groups in total. The molecule has 0 bridgehead atoms. The molecule has 2 aromatic heterocycles. The minimum absolute atomic E-state index is 0.0414. The Morgan fingerprint density at radius 1 is 0.725 bits per heavy atom. The van der Waals surface area contributed by atoms with Gasteiger partial charge in [0.1, 0.15) is 23.8 Å². The Labute approximate surface area is 297 Å².